The summed E-state index contributed by atoms with van der Waals surface area (Å²) in [4.78, 5) is 11.3. The van der Waals surface area contributed by atoms with Crippen LogP contribution in [0.5, 0.6) is 5.75 Å². The number of para-hydroxylation sites is 1. The van der Waals surface area contributed by atoms with Crippen molar-refractivity contribution in [3.05, 3.63) is 29.8 Å². The van der Waals surface area contributed by atoms with Gasteiger partial charge in [0.05, 0.1) is 13.7 Å². The molecule has 0 saturated carbocycles. The number of ketones is 1. The molecule has 0 atom stereocenters. The number of hydrogen-bond donors (Lipinski definition) is 1. The number of benzene rings is 1. The van der Waals surface area contributed by atoms with Gasteiger partial charge in [-0.05, 0) is 31.0 Å². The van der Waals surface area contributed by atoms with Gasteiger partial charge in [-0.15, -0.1) is 0 Å². The molecule has 0 heterocycles. The summed E-state index contributed by atoms with van der Waals surface area (Å²) in [6.45, 7) is 3.30. The van der Waals surface area contributed by atoms with Crippen LogP contribution in [-0.2, 0) is 11.2 Å². The predicted octanol–water partition coefficient (Wildman–Crippen LogP) is 2.20. The van der Waals surface area contributed by atoms with Gasteiger partial charge in [-0.3, -0.25) is 4.79 Å². The van der Waals surface area contributed by atoms with Crippen LogP contribution in [0, 0.1) is 0 Å². The molecule has 1 aromatic carbocycles. The van der Waals surface area contributed by atoms with E-state index >= 15 is 0 Å². The fourth-order valence-electron chi connectivity index (χ4n) is 1.73. The van der Waals surface area contributed by atoms with Crippen molar-refractivity contribution in [2.75, 3.05) is 20.2 Å². The van der Waals surface area contributed by atoms with Crippen LogP contribution in [0.4, 0.5) is 0 Å². The number of methoxy groups -OCH3 is 1. The van der Waals surface area contributed by atoms with Crippen LogP contribution in [-0.4, -0.2) is 26.0 Å². The van der Waals surface area contributed by atoms with E-state index in [-0.39, 0.29) is 5.78 Å². The molecule has 94 valence electrons. The Morgan fingerprint density at radius 1 is 1.35 bits per heavy atom. The second-order valence-electron chi connectivity index (χ2n) is 4.03. The minimum atomic E-state index is 0.285. The molecule has 0 aliphatic heterocycles. The lowest BCUT2D eigenvalue weighted by atomic mass is 10.1. The monoisotopic (exact) mass is 235 g/mol. The Labute approximate surface area is 103 Å². The minimum Gasteiger partial charge on any atom is -0.496 e. The Bertz CT molecular complexity index is 350. The first-order chi connectivity index (χ1) is 8.27. The van der Waals surface area contributed by atoms with Gasteiger partial charge in [-0.2, -0.15) is 0 Å². The maximum absolute atomic E-state index is 11.3. The summed E-state index contributed by atoms with van der Waals surface area (Å²) in [5, 5.41) is 3.16. The first kappa shape index (κ1) is 13.7. The molecule has 0 bridgehead atoms. The Morgan fingerprint density at radius 3 is 2.82 bits per heavy atom. The van der Waals surface area contributed by atoms with Crippen LogP contribution < -0.4 is 10.1 Å². The van der Waals surface area contributed by atoms with Gasteiger partial charge in [0.15, 0.2) is 0 Å². The average molecular weight is 235 g/mol. The van der Waals surface area contributed by atoms with Crippen LogP contribution in [0.25, 0.3) is 0 Å². The third kappa shape index (κ3) is 5.00. The summed E-state index contributed by atoms with van der Waals surface area (Å²) >= 11 is 0. The van der Waals surface area contributed by atoms with Gasteiger partial charge < -0.3 is 10.1 Å². The zero-order valence-corrected chi connectivity index (χ0v) is 10.7. The smallest absolute Gasteiger partial charge is 0.146 e. The van der Waals surface area contributed by atoms with Crippen LogP contribution in [0.2, 0.25) is 0 Å². The van der Waals surface area contributed by atoms with E-state index in [9.17, 15) is 4.79 Å². The van der Waals surface area contributed by atoms with Crippen molar-refractivity contribution in [1.82, 2.24) is 5.32 Å². The highest BCUT2D eigenvalue weighted by atomic mass is 16.5. The van der Waals surface area contributed by atoms with Crippen LogP contribution >= 0.6 is 0 Å². The highest BCUT2D eigenvalue weighted by molar-refractivity contribution is 5.80. The molecule has 1 rings (SSSR count). The average Bonchev–Trinajstić information content (AvgIpc) is 2.35. The summed E-state index contributed by atoms with van der Waals surface area (Å²) in [6.07, 6.45) is 2.47. The maximum atomic E-state index is 11.3. The van der Waals surface area contributed by atoms with Gasteiger partial charge in [0.2, 0.25) is 0 Å². The fourth-order valence-corrected chi connectivity index (χ4v) is 1.73. The first-order valence-corrected chi connectivity index (χ1v) is 6.12. The first-order valence-electron chi connectivity index (χ1n) is 6.12. The Morgan fingerprint density at radius 2 is 2.12 bits per heavy atom. The summed E-state index contributed by atoms with van der Waals surface area (Å²) < 4.78 is 5.27. The van der Waals surface area contributed by atoms with Gasteiger partial charge in [-0.1, -0.05) is 25.1 Å². The number of nitrogens with one attached hydrogen (secondary N) is 1. The summed E-state index contributed by atoms with van der Waals surface area (Å²) in [5.41, 5.74) is 1.17. The standard InChI is InChI=1S/C14H21NO2/c1-3-6-13(16)11-15-10-9-12-7-4-5-8-14(12)17-2/h4-5,7-8,15H,3,6,9-11H2,1-2H3. The molecule has 0 aromatic heterocycles. The van der Waals surface area contributed by atoms with E-state index in [0.29, 0.717) is 13.0 Å². The number of carbonyl (C=O) groups excluding carboxylic acids is 1. The highest BCUT2D eigenvalue weighted by Crippen LogP contribution is 2.17. The second kappa shape index (κ2) is 7.85. The van der Waals surface area contributed by atoms with Crippen molar-refractivity contribution in [1.29, 1.82) is 0 Å². The molecule has 0 spiro atoms. The Balaban J connectivity index is 2.28. The maximum Gasteiger partial charge on any atom is 0.146 e. The van der Waals surface area contributed by atoms with E-state index in [1.165, 1.54) is 5.56 Å². The molecule has 3 nitrogen and oxygen atoms in total. The van der Waals surface area contributed by atoms with E-state index in [1.54, 1.807) is 7.11 Å². The molecule has 0 amide bonds. The van der Waals surface area contributed by atoms with Crippen molar-refractivity contribution < 1.29 is 9.53 Å². The van der Waals surface area contributed by atoms with Gasteiger partial charge >= 0.3 is 0 Å². The topological polar surface area (TPSA) is 38.3 Å². The molecule has 1 aromatic rings. The van der Waals surface area contributed by atoms with Gasteiger partial charge in [0.1, 0.15) is 11.5 Å². The lowest BCUT2D eigenvalue weighted by molar-refractivity contribution is -0.118. The van der Waals surface area contributed by atoms with Crippen LogP contribution in [0.3, 0.4) is 0 Å². The van der Waals surface area contributed by atoms with E-state index in [2.05, 4.69) is 5.32 Å². The summed E-state index contributed by atoms with van der Waals surface area (Å²) in [7, 11) is 1.68. The third-order valence-corrected chi connectivity index (χ3v) is 2.61. The molecule has 0 saturated heterocycles. The molecule has 0 unspecified atom stereocenters. The predicted molar refractivity (Wildman–Crippen MR) is 69.5 cm³/mol. The van der Waals surface area contributed by atoms with Gasteiger partial charge in [0, 0.05) is 6.42 Å². The molecular weight excluding hydrogens is 214 g/mol. The van der Waals surface area contributed by atoms with E-state index in [0.717, 1.165) is 25.1 Å². The van der Waals surface area contributed by atoms with Gasteiger partial charge in [-0.25, -0.2) is 0 Å². The van der Waals surface area contributed by atoms with Crippen molar-refractivity contribution in [3.63, 3.8) is 0 Å². The SMILES string of the molecule is CCCC(=O)CNCCc1ccccc1OC. The third-order valence-electron chi connectivity index (χ3n) is 2.61. The molecule has 0 radical (unpaired) electrons. The van der Waals surface area contributed by atoms with Crippen LogP contribution in [0.1, 0.15) is 25.3 Å². The molecule has 17 heavy (non-hydrogen) atoms. The summed E-state index contributed by atoms with van der Waals surface area (Å²) in [5.74, 6) is 1.20. The van der Waals surface area contributed by atoms with Crippen molar-refractivity contribution in [3.8, 4) is 5.75 Å². The molecule has 0 aliphatic carbocycles. The van der Waals surface area contributed by atoms with Gasteiger partial charge in [0.25, 0.3) is 0 Å². The number of ether oxygens (including phenoxy) is 1. The van der Waals surface area contributed by atoms with E-state index in [4.69, 9.17) is 4.74 Å². The number of Topliss-reactive ketones (excluding diaryl/α,β-unsaturated/α-hetero) is 1. The molecule has 3 heteroatoms. The zero-order chi connectivity index (χ0) is 12.5. The lowest BCUT2D eigenvalue weighted by Crippen LogP contribution is -2.24. The minimum absolute atomic E-state index is 0.285. The quantitative estimate of drug-likeness (QED) is 0.702. The Hall–Kier alpha value is -1.35. The van der Waals surface area contributed by atoms with Crippen molar-refractivity contribution >= 4 is 5.78 Å². The second-order valence-corrected chi connectivity index (χ2v) is 4.03. The van der Waals surface area contributed by atoms with Crippen molar-refractivity contribution in [2.24, 2.45) is 0 Å². The van der Waals surface area contributed by atoms with Crippen LogP contribution in [0.15, 0.2) is 24.3 Å². The van der Waals surface area contributed by atoms with E-state index in [1.807, 2.05) is 31.2 Å². The molecular formula is C14H21NO2. The number of rotatable bonds is 8. The number of carbonyl (C=O) groups is 1. The fraction of sp³-hybridized carbons (Fsp3) is 0.500. The molecule has 0 aliphatic rings. The Kier molecular flexibility index (Phi) is 6.33. The lowest BCUT2D eigenvalue weighted by Gasteiger charge is -2.08. The number of hydrogen-bond acceptors (Lipinski definition) is 3. The molecule has 0 fully saturated rings. The zero-order valence-electron chi connectivity index (χ0n) is 10.7. The van der Waals surface area contributed by atoms with E-state index < -0.39 is 0 Å². The largest absolute Gasteiger partial charge is 0.496 e. The summed E-state index contributed by atoms with van der Waals surface area (Å²) in [6, 6.07) is 7.96. The van der Waals surface area contributed by atoms with Crippen molar-refractivity contribution in [2.45, 2.75) is 26.2 Å². The highest BCUT2D eigenvalue weighted by Gasteiger charge is 2.02. The molecule has 1 N–H and O–H groups in total. The normalized spacial score (nSPS) is 10.2.